The van der Waals surface area contributed by atoms with E-state index in [1.165, 1.54) is 7.05 Å². The normalized spacial score (nSPS) is 14.7. The summed E-state index contributed by atoms with van der Waals surface area (Å²) in [7, 11) is 3.21. The van der Waals surface area contributed by atoms with E-state index in [1.54, 1.807) is 18.1 Å². The summed E-state index contributed by atoms with van der Waals surface area (Å²) in [6, 6.07) is 5.62. The first-order valence-electron chi connectivity index (χ1n) is 12.8. The van der Waals surface area contributed by atoms with Gasteiger partial charge in [-0.1, -0.05) is 20.8 Å². The summed E-state index contributed by atoms with van der Waals surface area (Å²) in [6.07, 6.45) is 2.23. The summed E-state index contributed by atoms with van der Waals surface area (Å²) in [6.45, 7) is 10.8. The van der Waals surface area contributed by atoms with Crippen LogP contribution in [0.1, 0.15) is 78.2 Å². The summed E-state index contributed by atoms with van der Waals surface area (Å²) in [5.74, 6) is 0.864. The number of carbonyl (C=O) groups is 2. The molecule has 1 aromatic carbocycles. The smallest absolute Gasteiger partial charge is 0.273 e. The zero-order valence-electron chi connectivity index (χ0n) is 23.1. The van der Waals surface area contributed by atoms with Gasteiger partial charge in [-0.15, -0.1) is 17.0 Å². The van der Waals surface area contributed by atoms with Crippen LogP contribution in [-0.4, -0.2) is 67.8 Å². The van der Waals surface area contributed by atoms with Crippen LogP contribution in [0.5, 0.6) is 11.5 Å². The molecule has 2 aliphatic heterocycles. The van der Waals surface area contributed by atoms with Gasteiger partial charge in [-0.25, -0.2) is 4.98 Å². The van der Waals surface area contributed by atoms with Crippen molar-refractivity contribution in [3.05, 3.63) is 46.3 Å². The Morgan fingerprint density at radius 2 is 1.84 bits per heavy atom. The maximum Gasteiger partial charge on any atom is 0.273 e. The quantitative estimate of drug-likeness (QED) is 0.442. The largest absolute Gasteiger partial charge is 0.494 e. The molecule has 0 saturated carbocycles. The van der Waals surface area contributed by atoms with Crippen molar-refractivity contribution in [3.8, 4) is 11.5 Å². The fraction of sp³-hybridized carbons (Fsp3) is 0.500. The average Bonchev–Trinajstić information content (AvgIpc) is 3.50. The third kappa shape index (κ3) is 5.65. The Morgan fingerprint density at radius 3 is 2.42 bits per heavy atom. The number of Topliss-reactive ketones (excluding diaryl/α,β-unsaturated/α-hetero) is 1. The van der Waals surface area contributed by atoms with E-state index in [2.05, 4.69) is 36.0 Å². The summed E-state index contributed by atoms with van der Waals surface area (Å²) in [5, 5.41) is 11.3. The number of hydrogen-bond acceptors (Lipinski definition) is 7. The van der Waals surface area contributed by atoms with Crippen molar-refractivity contribution in [2.75, 3.05) is 45.3 Å². The van der Waals surface area contributed by atoms with Gasteiger partial charge in [0.2, 0.25) is 0 Å². The molecule has 0 unspecified atom stereocenters. The van der Waals surface area contributed by atoms with Crippen LogP contribution in [0.15, 0.2) is 18.2 Å². The molecular weight excluding hydrogens is 550 g/mol. The Bertz CT molecular complexity index is 1230. The fourth-order valence-corrected chi connectivity index (χ4v) is 4.98. The van der Waals surface area contributed by atoms with Crippen molar-refractivity contribution >= 4 is 40.2 Å². The van der Waals surface area contributed by atoms with Crippen molar-refractivity contribution < 1.29 is 19.1 Å². The van der Waals surface area contributed by atoms with Crippen LogP contribution >= 0.6 is 17.0 Å². The number of nitrogens with zero attached hydrogens (tertiary/aromatic N) is 3. The van der Waals surface area contributed by atoms with Crippen LogP contribution in [-0.2, 0) is 12.0 Å². The number of ketones is 1. The molecule has 1 fully saturated rings. The Hall–Kier alpha value is -3.14. The number of halogens is 1. The molecular formula is C28H38BrN5O4. The number of ether oxygens (including phenoxy) is 2. The number of carbonyl (C=O) groups excluding carboxylic acids is 2. The SMILES string of the molecule is Br.CCOc1cc2c(nc1C(=O)NC)C(=N)N(CC(=O)c1cc(N3CCCC3)c(OC)c(C(C)(C)C)c1)C2. The van der Waals surface area contributed by atoms with Crippen molar-refractivity contribution in [1.29, 1.82) is 5.41 Å². The zero-order chi connectivity index (χ0) is 26.9. The predicted molar refractivity (Wildman–Crippen MR) is 154 cm³/mol. The van der Waals surface area contributed by atoms with E-state index in [0.29, 0.717) is 30.2 Å². The van der Waals surface area contributed by atoms with E-state index in [0.717, 1.165) is 48.5 Å². The molecule has 4 rings (SSSR count). The fourth-order valence-electron chi connectivity index (χ4n) is 4.98. The Kier molecular flexibility index (Phi) is 9.07. The molecule has 3 heterocycles. The Labute approximate surface area is 235 Å². The number of nitrogens with one attached hydrogen (secondary N) is 2. The second kappa shape index (κ2) is 11.7. The van der Waals surface area contributed by atoms with Gasteiger partial charge in [0, 0.05) is 43.4 Å². The molecule has 1 saturated heterocycles. The average molecular weight is 589 g/mol. The first-order valence-corrected chi connectivity index (χ1v) is 12.8. The van der Waals surface area contributed by atoms with E-state index in [9.17, 15) is 9.59 Å². The number of amides is 1. The van der Waals surface area contributed by atoms with E-state index in [1.807, 2.05) is 19.1 Å². The van der Waals surface area contributed by atoms with Crippen molar-refractivity contribution in [3.63, 3.8) is 0 Å². The van der Waals surface area contributed by atoms with Gasteiger partial charge in [-0.05, 0) is 43.4 Å². The summed E-state index contributed by atoms with van der Waals surface area (Å²) < 4.78 is 11.5. The lowest BCUT2D eigenvalue weighted by Crippen LogP contribution is -2.31. The van der Waals surface area contributed by atoms with Crippen molar-refractivity contribution in [2.45, 2.75) is 52.5 Å². The summed E-state index contributed by atoms with van der Waals surface area (Å²) in [4.78, 5) is 34.4. The highest BCUT2D eigenvalue weighted by Crippen LogP contribution is 2.41. The number of rotatable bonds is 8. The zero-order valence-corrected chi connectivity index (χ0v) is 24.8. The standard InChI is InChI=1S/C28H37N5O4.BrH/c1-7-37-22-14-18-15-33(26(29)23(18)31-24(22)27(35)30-5)16-21(34)17-12-19(28(2,3)4)25(36-6)20(13-17)32-10-8-9-11-32;/h12-14,29H,7-11,15-16H2,1-6H3,(H,30,35);1H. The van der Waals surface area contributed by atoms with Crippen LogP contribution < -0.4 is 19.7 Å². The van der Waals surface area contributed by atoms with Gasteiger partial charge in [0.15, 0.2) is 17.2 Å². The van der Waals surface area contributed by atoms with Gasteiger partial charge >= 0.3 is 0 Å². The first kappa shape index (κ1) is 29.4. The van der Waals surface area contributed by atoms with Crippen molar-refractivity contribution in [1.82, 2.24) is 15.2 Å². The van der Waals surface area contributed by atoms with Gasteiger partial charge < -0.3 is 24.6 Å². The lowest BCUT2D eigenvalue weighted by Gasteiger charge is -2.29. The molecule has 206 valence electrons. The molecule has 2 aromatic rings. The van der Waals surface area contributed by atoms with Gasteiger partial charge in [0.1, 0.15) is 17.3 Å². The highest BCUT2D eigenvalue weighted by molar-refractivity contribution is 8.93. The molecule has 1 amide bonds. The van der Waals surface area contributed by atoms with Gasteiger partial charge in [0.05, 0.1) is 25.9 Å². The van der Waals surface area contributed by atoms with Gasteiger partial charge in [0.25, 0.3) is 5.91 Å². The first-order chi connectivity index (χ1) is 17.6. The predicted octanol–water partition coefficient (Wildman–Crippen LogP) is 4.35. The monoisotopic (exact) mass is 587 g/mol. The van der Waals surface area contributed by atoms with Crippen molar-refractivity contribution in [2.24, 2.45) is 0 Å². The Balaban J connectivity index is 0.00000400. The lowest BCUT2D eigenvalue weighted by atomic mass is 9.84. The topological polar surface area (TPSA) is 108 Å². The number of pyridine rings is 1. The number of fused-ring (bicyclic) bond motifs is 1. The third-order valence-electron chi connectivity index (χ3n) is 6.89. The molecule has 0 radical (unpaired) electrons. The summed E-state index contributed by atoms with van der Waals surface area (Å²) in [5.41, 5.74) is 3.62. The molecule has 38 heavy (non-hydrogen) atoms. The number of aromatic nitrogens is 1. The third-order valence-corrected chi connectivity index (χ3v) is 6.89. The molecule has 2 aliphatic rings. The van der Waals surface area contributed by atoms with Crippen LogP contribution in [0.2, 0.25) is 0 Å². The maximum absolute atomic E-state index is 13.6. The van der Waals surface area contributed by atoms with Gasteiger partial charge in [-0.2, -0.15) is 0 Å². The summed E-state index contributed by atoms with van der Waals surface area (Å²) >= 11 is 0. The minimum Gasteiger partial charge on any atom is -0.494 e. The number of methoxy groups -OCH3 is 1. The van der Waals surface area contributed by atoms with Gasteiger partial charge in [-0.3, -0.25) is 15.0 Å². The number of amidine groups is 1. The highest BCUT2D eigenvalue weighted by Gasteiger charge is 2.32. The second-order valence-electron chi connectivity index (χ2n) is 10.5. The number of anilines is 1. The molecule has 0 spiro atoms. The van der Waals surface area contributed by atoms with Crippen LogP contribution in [0.4, 0.5) is 5.69 Å². The minimum absolute atomic E-state index is 0. The van der Waals surface area contributed by atoms with Crippen LogP contribution in [0.25, 0.3) is 0 Å². The van der Waals surface area contributed by atoms with Crippen LogP contribution in [0, 0.1) is 5.41 Å². The lowest BCUT2D eigenvalue weighted by molar-refractivity contribution is 0.0949. The second-order valence-corrected chi connectivity index (χ2v) is 10.5. The van der Waals surface area contributed by atoms with E-state index < -0.39 is 0 Å². The molecule has 0 aliphatic carbocycles. The number of benzene rings is 1. The minimum atomic E-state index is -0.379. The Morgan fingerprint density at radius 1 is 1.16 bits per heavy atom. The van der Waals surface area contributed by atoms with E-state index in [4.69, 9.17) is 14.9 Å². The molecule has 1 aromatic heterocycles. The molecule has 2 N–H and O–H groups in total. The van der Waals surface area contributed by atoms with E-state index in [-0.39, 0.29) is 52.2 Å². The molecule has 0 bridgehead atoms. The number of hydrogen-bond donors (Lipinski definition) is 2. The van der Waals surface area contributed by atoms with Crippen LogP contribution in [0.3, 0.4) is 0 Å². The highest BCUT2D eigenvalue weighted by atomic mass is 79.9. The molecule has 9 nitrogen and oxygen atoms in total. The van der Waals surface area contributed by atoms with E-state index >= 15 is 0 Å². The maximum atomic E-state index is 13.6. The molecule has 10 heteroatoms. The molecule has 0 atom stereocenters.